The number of ether oxygens (including phenoxy) is 1. The smallest absolute Gasteiger partial charge is 0.127 e. The molecule has 2 rings (SSSR count). The Labute approximate surface area is 101 Å². The van der Waals surface area contributed by atoms with E-state index in [-0.39, 0.29) is 25.1 Å². The molecule has 3 N–H and O–H groups in total. The van der Waals surface area contributed by atoms with Crippen molar-refractivity contribution in [2.75, 3.05) is 13.2 Å². The zero-order chi connectivity index (χ0) is 10.7. The van der Waals surface area contributed by atoms with E-state index in [2.05, 4.69) is 6.08 Å². The van der Waals surface area contributed by atoms with Crippen LogP contribution in [0.1, 0.15) is 12.0 Å². The van der Waals surface area contributed by atoms with E-state index in [9.17, 15) is 0 Å². The summed E-state index contributed by atoms with van der Waals surface area (Å²) >= 11 is 0. The van der Waals surface area contributed by atoms with Crippen molar-refractivity contribution in [3.8, 4) is 5.75 Å². The SMILES string of the molecule is Cl.NC(CCO)C1=Cc2ccccc2OC1. The topological polar surface area (TPSA) is 55.5 Å². The fourth-order valence-electron chi connectivity index (χ4n) is 1.67. The summed E-state index contributed by atoms with van der Waals surface area (Å²) in [7, 11) is 0. The summed E-state index contributed by atoms with van der Waals surface area (Å²) < 4.78 is 5.57. The van der Waals surface area contributed by atoms with Crippen molar-refractivity contribution in [1.82, 2.24) is 0 Å². The van der Waals surface area contributed by atoms with Crippen LogP contribution in [-0.4, -0.2) is 24.4 Å². The summed E-state index contributed by atoms with van der Waals surface area (Å²) in [5, 5.41) is 8.81. The molecule has 0 aromatic heterocycles. The minimum Gasteiger partial charge on any atom is -0.489 e. The van der Waals surface area contributed by atoms with E-state index < -0.39 is 0 Å². The maximum absolute atomic E-state index is 8.81. The van der Waals surface area contributed by atoms with Gasteiger partial charge in [0.2, 0.25) is 0 Å². The Balaban J connectivity index is 0.00000128. The molecule has 0 saturated heterocycles. The molecule has 1 aromatic carbocycles. The first-order valence-electron chi connectivity index (χ1n) is 5.10. The van der Waals surface area contributed by atoms with Crippen molar-refractivity contribution in [3.05, 3.63) is 35.4 Å². The lowest BCUT2D eigenvalue weighted by molar-refractivity contribution is 0.274. The molecule has 0 amide bonds. The Morgan fingerprint density at radius 2 is 2.12 bits per heavy atom. The first-order chi connectivity index (χ1) is 7.31. The second-order valence-electron chi connectivity index (χ2n) is 3.66. The van der Waals surface area contributed by atoms with Crippen LogP contribution in [0.2, 0.25) is 0 Å². The Hall–Kier alpha value is -1.03. The van der Waals surface area contributed by atoms with E-state index in [1.165, 1.54) is 0 Å². The van der Waals surface area contributed by atoms with Gasteiger partial charge < -0.3 is 15.6 Å². The lowest BCUT2D eigenvalue weighted by Gasteiger charge is -2.21. The van der Waals surface area contributed by atoms with Crippen LogP contribution in [0.4, 0.5) is 0 Å². The van der Waals surface area contributed by atoms with Crippen molar-refractivity contribution < 1.29 is 9.84 Å². The standard InChI is InChI=1S/C12H15NO2.ClH/c13-11(5-6-14)10-7-9-3-1-2-4-12(9)15-8-10;/h1-4,7,11,14H,5-6,8,13H2;1H. The fraction of sp³-hybridized carbons (Fsp3) is 0.333. The van der Waals surface area contributed by atoms with Crippen molar-refractivity contribution in [1.29, 1.82) is 0 Å². The molecular formula is C12H16ClNO2. The fourth-order valence-corrected chi connectivity index (χ4v) is 1.67. The number of aliphatic hydroxyl groups is 1. The molecule has 88 valence electrons. The highest BCUT2D eigenvalue weighted by atomic mass is 35.5. The summed E-state index contributed by atoms with van der Waals surface area (Å²) in [5.41, 5.74) is 8.01. The minimum absolute atomic E-state index is 0. The molecular weight excluding hydrogens is 226 g/mol. The van der Waals surface area contributed by atoms with Crippen molar-refractivity contribution in [2.45, 2.75) is 12.5 Å². The third-order valence-corrected chi connectivity index (χ3v) is 2.57. The molecule has 4 heteroatoms. The van der Waals surface area contributed by atoms with Gasteiger partial charge in [-0.15, -0.1) is 12.4 Å². The van der Waals surface area contributed by atoms with E-state index in [1.807, 2.05) is 24.3 Å². The van der Waals surface area contributed by atoms with Gasteiger partial charge in [-0.3, -0.25) is 0 Å². The van der Waals surface area contributed by atoms with Gasteiger partial charge >= 0.3 is 0 Å². The summed E-state index contributed by atoms with van der Waals surface area (Å²) in [4.78, 5) is 0. The predicted octanol–water partition coefficient (Wildman–Crippen LogP) is 1.59. The molecule has 1 aliphatic rings. The lowest BCUT2D eigenvalue weighted by atomic mass is 10.0. The predicted molar refractivity (Wildman–Crippen MR) is 66.8 cm³/mol. The molecule has 1 heterocycles. The molecule has 1 aromatic rings. The van der Waals surface area contributed by atoms with Crippen LogP contribution in [0.3, 0.4) is 0 Å². The number of benzene rings is 1. The summed E-state index contributed by atoms with van der Waals surface area (Å²) in [6, 6.07) is 7.76. The van der Waals surface area contributed by atoms with Crippen LogP contribution in [0.5, 0.6) is 5.75 Å². The van der Waals surface area contributed by atoms with Crippen molar-refractivity contribution in [3.63, 3.8) is 0 Å². The van der Waals surface area contributed by atoms with E-state index in [1.54, 1.807) is 0 Å². The second kappa shape index (κ2) is 5.89. The number of hydrogen-bond donors (Lipinski definition) is 2. The molecule has 16 heavy (non-hydrogen) atoms. The summed E-state index contributed by atoms with van der Waals surface area (Å²) in [6.07, 6.45) is 2.64. The van der Waals surface area contributed by atoms with Gasteiger partial charge in [0.05, 0.1) is 0 Å². The second-order valence-corrected chi connectivity index (χ2v) is 3.66. The quantitative estimate of drug-likeness (QED) is 0.845. The Bertz CT molecular complexity index is 379. The highest BCUT2D eigenvalue weighted by Gasteiger charge is 2.15. The first kappa shape index (κ1) is 13.0. The normalized spacial score (nSPS) is 15.2. The molecule has 1 unspecified atom stereocenters. The maximum Gasteiger partial charge on any atom is 0.127 e. The van der Waals surface area contributed by atoms with Gasteiger partial charge in [-0.1, -0.05) is 18.2 Å². The number of rotatable bonds is 3. The van der Waals surface area contributed by atoms with Crippen LogP contribution in [0.25, 0.3) is 6.08 Å². The molecule has 0 aliphatic carbocycles. The highest BCUT2D eigenvalue weighted by Crippen LogP contribution is 2.26. The number of hydrogen-bond acceptors (Lipinski definition) is 3. The lowest BCUT2D eigenvalue weighted by Crippen LogP contribution is -2.28. The zero-order valence-electron chi connectivity index (χ0n) is 8.93. The van der Waals surface area contributed by atoms with Gasteiger partial charge in [-0.2, -0.15) is 0 Å². The number of para-hydroxylation sites is 1. The average Bonchev–Trinajstić information content (AvgIpc) is 2.29. The van der Waals surface area contributed by atoms with Gasteiger partial charge in [0.1, 0.15) is 12.4 Å². The van der Waals surface area contributed by atoms with Crippen LogP contribution < -0.4 is 10.5 Å². The third kappa shape index (κ3) is 2.76. The van der Waals surface area contributed by atoms with E-state index >= 15 is 0 Å². The molecule has 1 aliphatic heterocycles. The minimum atomic E-state index is -0.108. The molecule has 3 nitrogen and oxygen atoms in total. The van der Waals surface area contributed by atoms with Gasteiger partial charge in [0.25, 0.3) is 0 Å². The Morgan fingerprint density at radius 3 is 2.88 bits per heavy atom. The summed E-state index contributed by atoms with van der Waals surface area (Å²) in [6.45, 7) is 0.637. The molecule has 1 atom stereocenters. The number of fused-ring (bicyclic) bond motifs is 1. The van der Waals surface area contributed by atoms with Crippen LogP contribution in [-0.2, 0) is 0 Å². The zero-order valence-corrected chi connectivity index (χ0v) is 9.74. The third-order valence-electron chi connectivity index (χ3n) is 2.57. The molecule has 0 bridgehead atoms. The molecule has 0 spiro atoms. The molecule has 0 saturated carbocycles. The van der Waals surface area contributed by atoms with Crippen molar-refractivity contribution in [2.24, 2.45) is 5.73 Å². The van der Waals surface area contributed by atoms with E-state index in [0.717, 1.165) is 16.9 Å². The first-order valence-corrected chi connectivity index (χ1v) is 5.10. The largest absolute Gasteiger partial charge is 0.489 e. The van der Waals surface area contributed by atoms with Gasteiger partial charge in [0.15, 0.2) is 0 Å². The summed E-state index contributed by atoms with van der Waals surface area (Å²) in [5.74, 6) is 0.900. The average molecular weight is 242 g/mol. The van der Waals surface area contributed by atoms with E-state index in [4.69, 9.17) is 15.6 Å². The Morgan fingerprint density at radius 1 is 1.38 bits per heavy atom. The molecule has 0 radical (unpaired) electrons. The number of halogens is 1. The van der Waals surface area contributed by atoms with Gasteiger partial charge in [-0.05, 0) is 24.1 Å². The van der Waals surface area contributed by atoms with Crippen LogP contribution >= 0.6 is 12.4 Å². The van der Waals surface area contributed by atoms with Gasteiger partial charge in [0, 0.05) is 18.2 Å². The van der Waals surface area contributed by atoms with E-state index in [0.29, 0.717) is 13.0 Å². The van der Waals surface area contributed by atoms with Crippen LogP contribution in [0.15, 0.2) is 29.8 Å². The number of nitrogens with two attached hydrogens (primary N) is 1. The Kier molecular flexibility index (Phi) is 4.80. The number of aliphatic hydroxyl groups excluding tert-OH is 1. The monoisotopic (exact) mass is 241 g/mol. The molecule has 0 fully saturated rings. The highest BCUT2D eigenvalue weighted by molar-refractivity contribution is 5.85. The maximum atomic E-state index is 8.81. The van der Waals surface area contributed by atoms with Gasteiger partial charge in [-0.25, -0.2) is 0 Å². The van der Waals surface area contributed by atoms with Crippen molar-refractivity contribution >= 4 is 18.5 Å². The van der Waals surface area contributed by atoms with Crippen LogP contribution in [0, 0.1) is 0 Å².